The van der Waals surface area contributed by atoms with E-state index < -0.39 is 0 Å². The molecule has 106 valence electrons. The fourth-order valence-electron chi connectivity index (χ4n) is 1.83. The average Bonchev–Trinajstić information content (AvgIpc) is 2.70. The number of thiazole rings is 1. The van der Waals surface area contributed by atoms with E-state index in [2.05, 4.69) is 4.98 Å². The first-order chi connectivity index (χ1) is 9.45. The first-order valence-electron chi connectivity index (χ1n) is 6.12. The van der Waals surface area contributed by atoms with Crippen molar-refractivity contribution in [3.63, 3.8) is 0 Å². The molecule has 2 aromatic rings. The van der Waals surface area contributed by atoms with Gasteiger partial charge in [-0.1, -0.05) is 12.1 Å². The third-order valence-electron chi connectivity index (χ3n) is 2.99. The van der Waals surface area contributed by atoms with Crippen molar-refractivity contribution in [3.8, 4) is 0 Å². The minimum atomic E-state index is -0.273. The summed E-state index contributed by atoms with van der Waals surface area (Å²) in [6, 6.07) is 6.17. The molecule has 0 saturated carbocycles. The summed E-state index contributed by atoms with van der Waals surface area (Å²) >= 11 is 6.49. The number of carbonyl (C=O) groups is 1. The van der Waals surface area contributed by atoms with E-state index in [4.69, 9.17) is 12.2 Å². The molecule has 0 spiro atoms. The molecule has 0 unspecified atom stereocenters. The van der Waals surface area contributed by atoms with Crippen LogP contribution in [-0.2, 0) is 17.8 Å². The number of benzene rings is 1. The van der Waals surface area contributed by atoms with Crippen molar-refractivity contribution in [2.45, 2.75) is 19.9 Å². The molecule has 1 amide bonds. The summed E-state index contributed by atoms with van der Waals surface area (Å²) in [5.41, 5.74) is 1.85. The molecule has 2 rings (SSSR count). The van der Waals surface area contributed by atoms with Crippen LogP contribution >= 0.6 is 23.6 Å². The van der Waals surface area contributed by atoms with E-state index in [1.165, 1.54) is 23.5 Å². The standard InChI is InChI=1S/C14H15FN2OS2/c1-9-12(20-14(19)16-9)7-13(18)17(2)8-10-3-5-11(15)6-4-10/h3-6H,7-8H2,1-2H3,(H,16,19). The van der Waals surface area contributed by atoms with Gasteiger partial charge >= 0.3 is 0 Å². The number of hydrogen-bond donors (Lipinski definition) is 1. The van der Waals surface area contributed by atoms with Crippen LogP contribution in [0.2, 0.25) is 0 Å². The van der Waals surface area contributed by atoms with Crippen molar-refractivity contribution in [2.75, 3.05) is 7.05 Å². The molecule has 0 aliphatic carbocycles. The summed E-state index contributed by atoms with van der Waals surface area (Å²) in [6.45, 7) is 2.38. The smallest absolute Gasteiger partial charge is 0.227 e. The highest BCUT2D eigenvalue weighted by molar-refractivity contribution is 7.73. The van der Waals surface area contributed by atoms with Crippen molar-refractivity contribution < 1.29 is 9.18 Å². The van der Waals surface area contributed by atoms with Crippen molar-refractivity contribution in [3.05, 3.63) is 50.2 Å². The van der Waals surface area contributed by atoms with E-state index in [9.17, 15) is 9.18 Å². The van der Waals surface area contributed by atoms with Crippen LogP contribution in [0.3, 0.4) is 0 Å². The van der Waals surface area contributed by atoms with Crippen molar-refractivity contribution in [1.29, 1.82) is 0 Å². The lowest BCUT2D eigenvalue weighted by Crippen LogP contribution is -2.27. The number of nitrogens with one attached hydrogen (secondary N) is 1. The molecule has 0 fully saturated rings. The van der Waals surface area contributed by atoms with E-state index in [0.717, 1.165) is 16.1 Å². The second-order valence-corrected chi connectivity index (χ2v) is 6.39. The molecule has 6 heteroatoms. The van der Waals surface area contributed by atoms with Gasteiger partial charge in [0.05, 0.1) is 6.42 Å². The van der Waals surface area contributed by atoms with Crippen molar-refractivity contribution in [1.82, 2.24) is 9.88 Å². The van der Waals surface area contributed by atoms with Gasteiger partial charge in [0.15, 0.2) is 3.95 Å². The Hall–Kier alpha value is -1.53. The van der Waals surface area contributed by atoms with Crippen LogP contribution in [0.4, 0.5) is 4.39 Å². The van der Waals surface area contributed by atoms with Gasteiger partial charge in [0.1, 0.15) is 5.82 Å². The molecule has 0 saturated heterocycles. The summed E-state index contributed by atoms with van der Waals surface area (Å²) in [5.74, 6) is -0.256. The van der Waals surface area contributed by atoms with Crippen LogP contribution in [0.25, 0.3) is 0 Å². The van der Waals surface area contributed by atoms with Crippen LogP contribution in [0.5, 0.6) is 0 Å². The lowest BCUT2D eigenvalue weighted by Gasteiger charge is -2.17. The number of amides is 1. The summed E-state index contributed by atoms with van der Waals surface area (Å²) in [4.78, 5) is 17.8. The molecule has 20 heavy (non-hydrogen) atoms. The molecule has 0 radical (unpaired) electrons. The molecule has 0 aliphatic rings. The quantitative estimate of drug-likeness (QED) is 0.878. The average molecular weight is 310 g/mol. The van der Waals surface area contributed by atoms with Crippen molar-refractivity contribution in [2.24, 2.45) is 0 Å². The zero-order chi connectivity index (χ0) is 14.7. The van der Waals surface area contributed by atoms with Crippen LogP contribution in [0, 0.1) is 16.7 Å². The number of aromatic nitrogens is 1. The third kappa shape index (κ3) is 3.74. The van der Waals surface area contributed by atoms with Gasteiger partial charge in [0.2, 0.25) is 5.91 Å². The minimum absolute atomic E-state index is 0.0164. The summed E-state index contributed by atoms with van der Waals surface area (Å²) < 4.78 is 13.5. The normalized spacial score (nSPS) is 10.6. The minimum Gasteiger partial charge on any atom is -0.341 e. The first kappa shape index (κ1) is 14.9. The van der Waals surface area contributed by atoms with Crippen LogP contribution in [0.15, 0.2) is 24.3 Å². The zero-order valence-electron chi connectivity index (χ0n) is 11.3. The first-order valence-corrected chi connectivity index (χ1v) is 7.35. The molecular weight excluding hydrogens is 295 g/mol. The van der Waals surface area contributed by atoms with Gasteiger partial charge in [-0.15, -0.1) is 11.3 Å². The van der Waals surface area contributed by atoms with Gasteiger partial charge in [-0.2, -0.15) is 0 Å². The molecule has 1 aromatic carbocycles. The third-order valence-corrected chi connectivity index (χ3v) is 4.33. The second kappa shape index (κ2) is 6.28. The number of likely N-dealkylation sites (N-methyl/N-ethyl adjacent to an activating group) is 1. The Kier molecular flexibility index (Phi) is 4.67. The molecule has 3 nitrogen and oxygen atoms in total. The number of nitrogens with zero attached hydrogens (tertiary/aromatic N) is 1. The van der Waals surface area contributed by atoms with Crippen LogP contribution < -0.4 is 0 Å². The fourth-order valence-corrected chi connectivity index (χ4v) is 3.11. The molecule has 1 N–H and O–H groups in total. The van der Waals surface area contributed by atoms with E-state index in [1.54, 1.807) is 24.1 Å². The Morgan fingerprint density at radius 3 is 2.60 bits per heavy atom. The van der Waals surface area contributed by atoms with Gasteiger partial charge in [-0.05, 0) is 36.8 Å². The molecule has 1 heterocycles. The monoisotopic (exact) mass is 310 g/mol. The number of hydrogen-bond acceptors (Lipinski definition) is 3. The Balaban J connectivity index is 2.00. The predicted octanol–water partition coefficient (Wildman–Crippen LogP) is 3.45. The molecule has 1 aromatic heterocycles. The Morgan fingerprint density at radius 2 is 2.05 bits per heavy atom. The van der Waals surface area contributed by atoms with Gasteiger partial charge in [-0.25, -0.2) is 4.39 Å². The predicted molar refractivity (Wildman–Crippen MR) is 80.8 cm³/mol. The highest BCUT2D eigenvalue weighted by atomic mass is 32.1. The Morgan fingerprint density at radius 1 is 1.40 bits per heavy atom. The topological polar surface area (TPSA) is 36.1 Å². The Labute approximate surface area is 126 Å². The van der Waals surface area contributed by atoms with Crippen molar-refractivity contribution >= 4 is 29.5 Å². The van der Waals surface area contributed by atoms with E-state index in [1.807, 2.05) is 6.92 Å². The highest BCUT2D eigenvalue weighted by Gasteiger charge is 2.13. The summed E-state index contributed by atoms with van der Waals surface area (Å²) in [7, 11) is 1.74. The SMILES string of the molecule is Cc1[nH]c(=S)sc1CC(=O)N(C)Cc1ccc(F)cc1. The number of halogens is 1. The van der Waals surface area contributed by atoms with Gasteiger partial charge in [0, 0.05) is 24.2 Å². The fraction of sp³-hybridized carbons (Fsp3) is 0.286. The number of carbonyl (C=O) groups excluding carboxylic acids is 1. The summed E-state index contributed by atoms with van der Waals surface area (Å²) in [6.07, 6.45) is 0.335. The van der Waals surface area contributed by atoms with Gasteiger partial charge in [0.25, 0.3) is 0 Å². The number of aryl methyl sites for hydroxylation is 1. The Bertz CT molecular complexity index is 661. The maximum absolute atomic E-state index is 12.8. The number of aromatic amines is 1. The number of rotatable bonds is 4. The largest absolute Gasteiger partial charge is 0.341 e. The molecule has 0 bridgehead atoms. The molecular formula is C14H15FN2OS2. The van der Waals surface area contributed by atoms with Crippen LogP contribution in [0.1, 0.15) is 16.1 Å². The number of H-pyrrole nitrogens is 1. The highest BCUT2D eigenvalue weighted by Crippen LogP contribution is 2.16. The summed E-state index contributed by atoms with van der Waals surface area (Å²) in [5, 5.41) is 0. The lowest BCUT2D eigenvalue weighted by atomic mass is 10.2. The van der Waals surface area contributed by atoms with Crippen LogP contribution in [-0.4, -0.2) is 22.8 Å². The van der Waals surface area contributed by atoms with E-state index in [-0.39, 0.29) is 11.7 Å². The molecule has 0 aliphatic heterocycles. The van der Waals surface area contributed by atoms with E-state index >= 15 is 0 Å². The van der Waals surface area contributed by atoms with E-state index in [0.29, 0.717) is 16.9 Å². The molecule has 0 atom stereocenters. The van der Waals surface area contributed by atoms with Gasteiger partial charge < -0.3 is 9.88 Å². The van der Waals surface area contributed by atoms with Gasteiger partial charge in [-0.3, -0.25) is 4.79 Å². The maximum atomic E-state index is 12.8. The second-order valence-electron chi connectivity index (χ2n) is 4.62. The maximum Gasteiger partial charge on any atom is 0.227 e. The zero-order valence-corrected chi connectivity index (χ0v) is 12.9. The lowest BCUT2D eigenvalue weighted by molar-refractivity contribution is -0.129.